The van der Waals surface area contributed by atoms with Crippen LogP contribution in [0.15, 0.2) is 23.1 Å². The van der Waals surface area contributed by atoms with E-state index in [1.54, 1.807) is 19.0 Å². The molecular formula is C12H18F2N2O3S. The maximum atomic E-state index is 13.4. The zero-order chi connectivity index (χ0) is 15.6. The molecular weight excluding hydrogens is 290 g/mol. The van der Waals surface area contributed by atoms with Crippen molar-refractivity contribution in [1.82, 2.24) is 9.62 Å². The number of halogens is 2. The van der Waals surface area contributed by atoms with Crippen molar-refractivity contribution in [3.05, 3.63) is 29.8 Å². The summed E-state index contributed by atoms with van der Waals surface area (Å²) < 4.78 is 52.3. The molecule has 0 amide bonds. The molecule has 8 heteroatoms. The zero-order valence-electron chi connectivity index (χ0n) is 11.5. The minimum absolute atomic E-state index is 0.209. The summed E-state index contributed by atoms with van der Waals surface area (Å²) in [6.07, 6.45) is 0. The number of rotatable bonds is 6. The van der Waals surface area contributed by atoms with E-state index in [2.05, 4.69) is 4.72 Å². The molecule has 1 aromatic rings. The third kappa shape index (κ3) is 4.78. The van der Waals surface area contributed by atoms with Crippen molar-refractivity contribution in [2.45, 2.75) is 17.4 Å². The molecule has 0 radical (unpaired) electrons. The lowest BCUT2D eigenvalue weighted by atomic mass is 10.1. The quantitative estimate of drug-likeness (QED) is 0.805. The Morgan fingerprint density at radius 2 is 1.95 bits per heavy atom. The molecule has 114 valence electrons. The summed E-state index contributed by atoms with van der Waals surface area (Å²) in [7, 11) is -0.791. The van der Waals surface area contributed by atoms with E-state index in [0.29, 0.717) is 6.07 Å². The minimum Gasteiger partial charge on any atom is -0.387 e. The lowest BCUT2D eigenvalue weighted by Gasteiger charge is -2.27. The number of likely N-dealkylation sites (N-methyl/N-ethyl adjacent to an activating group) is 1. The van der Waals surface area contributed by atoms with Gasteiger partial charge in [-0.2, -0.15) is 0 Å². The van der Waals surface area contributed by atoms with Gasteiger partial charge in [-0.1, -0.05) is 0 Å². The van der Waals surface area contributed by atoms with E-state index >= 15 is 0 Å². The first kappa shape index (κ1) is 17.0. The van der Waals surface area contributed by atoms with Gasteiger partial charge in [0.1, 0.15) is 16.5 Å². The normalized spacial score (nSPS) is 15.3. The summed E-state index contributed by atoms with van der Waals surface area (Å²) in [4.78, 5) is 0.898. The first-order valence-corrected chi connectivity index (χ1v) is 7.34. The summed E-state index contributed by atoms with van der Waals surface area (Å²) >= 11 is 0. The highest BCUT2D eigenvalue weighted by molar-refractivity contribution is 7.89. The SMILES string of the molecule is CN(C)CC(C)(O)CNS(=O)(=O)c1cc(F)ccc1F. The van der Waals surface area contributed by atoms with Crippen LogP contribution < -0.4 is 4.72 Å². The second kappa shape index (κ2) is 6.13. The van der Waals surface area contributed by atoms with Gasteiger partial charge in [-0.25, -0.2) is 21.9 Å². The summed E-state index contributed by atoms with van der Waals surface area (Å²) in [5.41, 5.74) is -1.33. The molecule has 1 rings (SSSR count). The van der Waals surface area contributed by atoms with Gasteiger partial charge in [-0.15, -0.1) is 0 Å². The molecule has 0 heterocycles. The van der Waals surface area contributed by atoms with E-state index in [1.807, 2.05) is 0 Å². The van der Waals surface area contributed by atoms with Crippen molar-refractivity contribution >= 4 is 10.0 Å². The van der Waals surface area contributed by atoms with E-state index in [9.17, 15) is 22.3 Å². The molecule has 0 aromatic heterocycles. The van der Waals surface area contributed by atoms with Crippen LogP contribution in [0.4, 0.5) is 8.78 Å². The molecule has 0 aliphatic heterocycles. The van der Waals surface area contributed by atoms with Gasteiger partial charge in [0.2, 0.25) is 10.0 Å². The van der Waals surface area contributed by atoms with Crippen LogP contribution in [0.25, 0.3) is 0 Å². The minimum atomic E-state index is -4.23. The number of sulfonamides is 1. The highest BCUT2D eigenvalue weighted by Gasteiger charge is 2.26. The monoisotopic (exact) mass is 308 g/mol. The van der Waals surface area contributed by atoms with Gasteiger partial charge in [-0.3, -0.25) is 0 Å². The second-order valence-corrected chi connectivity index (χ2v) is 6.87. The predicted octanol–water partition coefficient (Wildman–Crippen LogP) is 0.556. The number of nitrogens with zero attached hydrogens (tertiary/aromatic N) is 1. The van der Waals surface area contributed by atoms with E-state index in [1.165, 1.54) is 6.92 Å². The fourth-order valence-electron chi connectivity index (χ4n) is 1.75. The van der Waals surface area contributed by atoms with Crippen molar-refractivity contribution in [2.24, 2.45) is 0 Å². The average molecular weight is 308 g/mol. The summed E-state index contributed by atoms with van der Waals surface area (Å²) in [5, 5.41) is 9.98. The maximum Gasteiger partial charge on any atom is 0.243 e. The number of nitrogens with one attached hydrogen (secondary N) is 1. The van der Waals surface area contributed by atoms with Gasteiger partial charge >= 0.3 is 0 Å². The highest BCUT2D eigenvalue weighted by atomic mass is 32.2. The van der Waals surface area contributed by atoms with Crippen LogP contribution >= 0.6 is 0 Å². The van der Waals surface area contributed by atoms with E-state index < -0.39 is 32.2 Å². The summed E-state index contributed by atoms with van der Waals surface area (Å²) in [6, 6.07) is 2.16. The van der Waals surface area contributed by atoms with Crippen LogP contribution in [0.2, 0.25) is 0 Å². The third-order valence-electron chi connectivity index (χ3n) is 2.48. The molecule has 2 N–H and O–H groups in total. The highest BCUT2D eigenvalue weighted by Crippen LogP contribution is 2.16. The summed E-state index contributed by atoms with van der Waals surface area (Å²) in [5.74, 6) is -1.90. The average Bonchev–Trinajstić information content (AvgIpc) is 2.28. The largest absolute Gasteiger partial charge is 0.387 e. The molecule has 5 nitrogen and oxygen atoms in total. The summed E-state index contributed by atoms with van der Waals surface area (Å²) in [6.45, 7) is 1.34. The van der Waals surface area contributed by atoms with Crippen LogP contribution in [0, 0.1) is 11.6 Å². The Hall–Kier alpha value is -1.09. The molecule has 1 atom stereocenters. The van der Waals surface area contributed by atoms with Crippen LogP contribution in [0.5, 0.6) is 0 Å². The second-order valence-electron chi connectivity index (χ2n) is 5.13. The number of aliphatic hydroxyl groups is 1. The van der Waals surface area contributed by atoms with Crippen LogP contribution in [0.3, 0.4) is 0 Å². The van der Waals surface area contributed by atoms with Crippen molar-refractivity contribution in [2.75, 3.05) is 27.2 Å². The van der Waals surface area contributed by atoms with E-state index in [-0.39, 0.29) is 13.1 Å². The van der Waals surface area contributed by atoms with E-state index in [4.69, 9.17) is 0 Å². The third-order valence-corrected chi connectivity index (χ3v) is 3.90. The van der Waals surface area contributed by atoms with Crippen molar-refractivity contribution in [3.8, 4) is 0 Å². The molecule has 0 saturated heterocycles. The number of hydrogen-bond acceptors (Lipinski definition) is 4. The first-order valence-electron chi connectivity index (χ1n) is 5.85. The molecule has 1 unspecified atom stereocenters. The predicted molar refractivity (Wildman–Crippen MR) is 70.7 cm³/mol. The lowest BCUT2D eigenvalue weighted by Crippen LogP contribution is -2.47. The van der Waals surface area contributed by atoms with Crippen LogP contribution in [0.1, 0.15) is 6.92 Å². The molecule has 0 aliphatic rings. The molecule has 1 aromatic carbocycles. The van der Waals surface area contributed by atoms with Crippen molar-refractivity contribution < 1.29 is 22.3 Å². The van der Waals surface area contributed by atoms with Crippen LogP contribution in [-0.4, -0.2) is 51.2 Å². The molecule has 20 heavy (non-hydrogen) atoms. The van der Waals surface area contributed by atoms with Gasteiger partial charge in [0, 0.05) is 13.1 Å². The van der Waals surface area contributed by atoms with Gasteiger partial charge in [0.25, 0.3) is 0 Å². The Bertz CT molecular complexity index is 574. The Kier molecular flexibility index (Phi) is 5.20. The topological polar surface area (TPSA) is 69.6 Å². The van der Waals surface area contributed by atoms with E-state index in [0.717, 1.165) is 12.1 Å². The molecule has 0 saturated carbocycles. The first-order chi connectivity index (χ1) is 9.03. The molecule has 0 bridgehead atoms. The fraction of sp³-hybridized carbons (Fsp3) is 0.500. The lowest BCUT2D eigenvalue weighted by molar-refractivity contribution is 0.0386. The molecule has 0 aliphatic carbocycles. The Labute approximate surface area is 117 Å². The Morgan fingerprint density at radius 1 is 1.35 bits per heavy atom. The Balaban J connectivity index is 2.88. The smallest absolute Gasteiger partial charge is 0.243 e. The number of hydrogen-bond donors (Lipinski definition) is 2. The Morgan fingerprint density at radius 3 is 2.50 bits per heavy atom. The zero-order valence-corrected chi connectivity index (χ0v) is 12.3. The van der Waals surface area contributed by atoms with Gasteiger partial charge in [-0.05, 0) is 39.2 Å². The van der Waals surface area contributed by atoms with Crippen molar-refractivity contribution in [3.63, 3.8) is 0 Å². The molecule has 0 spiro atoms. The van der Waals surface area contributed by atoms with Crippen LogP contribution in [-0.2, 0) is 10.0 Å². The molecule has 0 fully saturated rings. The standard InChI is InChI=1S/C12H18F2N2O3S/c1-12(17,8-16(2)3)7-15-20(18,19)11-6-9(13)4-5-10(11)14/h4-6,15,17H,7-8H2,1-3H3. The number of benzene rings is 1. The maximum absolute atomic E-state index is 13.4. The fourth-order valence-corrected chi connectivity index (χ4v) is 3.00. The van der Waals surface area contributed by atoms with Gasteiger partial charge in [0.15, 0.2) is 0 Å². The van der Waals surface area contributed by atoms with Gasteiger partial charge < -0.3 is 10.0 Å². The van der Waals surface area contributed by atoms with Crippen molar-refractivity contribution in [1.29, 1.82) is 0 Å². The van der Waals surface area contributed by atoms with Gasteiger partial charge in [0.05, 0.1) is 5.60 Å².